The van der Waals surface area contributed by atoms with Crippen LogP contribution in [0.2, 0.25) is 0 Å². The van der Waals surface area contributed by atoms with Gasteiger partial charge in [-0.25, -0.2) is 22.0 Å². The zero-order chi connectivity index (χ0) is 30.2. The molecule has 0 bridgehead atoms. The van der Waals surface area contributed by atoms with Gasteiger partial charge in [0.25, 0.3) is 0 Å². The van der Waals surface area contributed by atoms with Gasteiger partial charge in [0.15, 0.2) is 23.3 Å². The molecule has 7 rings (SSSR count). The van der Waals surface area contributed by atoms with E-state index >= 15 is 8.78 Å². The lowest BCUT2D eigenvalue weighted by atomic mass is 10.0. The maximum absolute atomic E-state index is 15.3. The summed E-state index contributed by atoms with van der Waals surface area (Å²) in [5.74, 6) is -10.4. The van der Waals surface area contributed by atoms with E-state index in [0.29, 0.717) is 32.6 Å². The van der Waals surface area contributed by atoms with Crippen molar-refractivity contribution in [2.45, 2.75) is 0 Å². The standard InChI is InChI=1S/C33H12F5N5/c34-26-27(35)29(37)33(30(38)28(26)36)42-23-8-4-2-6-21(23)25-24(42)10-9-20-19-5-1-3-7-22(19)43(32(20)25)31-17(14-40)11-16(13-39)12-18(31)15-41/h1-12H. The first-order valence-corrected chi connectivity index (χ1v) is 12.7. The number of rotatable bonds is 2. The molecule has 0 unspecified atom stereocenters. The van der Waals surface area contributed by atoms with Crippen molar-refractivity contribution in [1.82, 2.24) is 9.13 Å². The number of nitrogens with zero attached hydrogens (tertiary/aromatic N) is 5. The van der Waals surface area contributed by atoms with Gasteiger partial charge in [0.05, 0.1) is 50.5 Å². The number of nitriles is 3. The third kappa shape index (κ3) is 3.34. The second kappa shape index (κ2) is 9.17. The summed E-state index contributed by atoms with van der Waals surface area (Å²) in [7, 11) is 0. The second-order valence-corrected chi connectivity index (χ2v) is 9.73. The number of para-hydroxylation sites is 2. The van der Waals surface area contributed by atoms with E-state index in [-0.39, 0.29) is 33.4 Å². The number of fused-ring (bicyclic) bond motifs is 7. The summed E-state index contributed by atoms with van der Waals surface area (Å²) in [4.78, 5) is 0. The second-order valence-electron chi connectivity index (χ2n) is 9.73. The fourth-order valence-electron chi connectivity index (χ4n) is 5.88. The summed E-state index contributed by atoms with van der Waals surface area (Å²) < 4.78 is 76.1. The molecule has 0 N–H and O–H groups in total. The molecule has 5 aromatic carbocycles. The molecule has 0 fully saturated rings. The van der Waals surface area contributed by atoms with Gasteiger partial charge in [0.1, 0.15) is 17.8 Å². The quantitative estimate of drug-likeness (QED) is 0.119. The van der Waals surface area contributed by atoms with Crippen molar-refractivity contribution in [3.05, 3.63) is 119 Å². The lowest BCUT2D eigenvalue weighted by molar-refractivity contribution is 0.376. The van der Waals surface area contributed by atoms with Gasteiger partial charge >= 0.3 is 0 Å². The first-order valence-electron chi connectivity index (χ1n) is 12.7. The predicted octanol–water partition coefficient (Wildman–Crippen LogP) is 8.19. The molecule has 2 heterocycles. The minimum absolute atomic E-state index is 0.0266. The van der Waals surface area contributed by atoms with Crippen LogP contribution in [0.3, 0.4) is 0 Å². The van der Waals surface area contributed by atoms with Crippen LogP contribution < -0.4 is 0 Å². The Bertz CT molecular complexity index is 2440. The molecule has 0 saturated carbocycles. The van der Waals surface area contributed by atoms with Crippen molar-refractivity contribution < 1.29 is 22.0 Å². The average molecular weight is 573 g/mol. The Hall–Kier alpha value is -6.18. The van der Waals surface area contributed by atoms with Crippen LogP contribution in [-0.2, 0) is 0 Å². The van der Waals surface area contributed by atoms with Crippen LogP contribution in [0.1, 0.15) is 16.7 Å². The molecule has 0 atom stereocenters. The smallest absolute Gasteiger partial charge is 0.200 e. The summed E-state index contributed by atoms with van der Waals surface area (Å²) in [6.07, 6.45) is 0. The molecular formula is C33H12F5N5. The van der Waals surface area contributed by atoms with E-state index < -0.39 is 34.8 Å². The van der Waals surface area contributed by atoms with E-state index in [1.807, 2.05) is 12.1 Å². The number of halogens is 5. The molecule has 0 saturated heterocycles. The summed E-state index contributed by atoms with van der Waals surface area (Å²) in [6, 6.07) is 25.5. The van der Waals surface area contributed by atoms with E-state index in [1.54, 1.807) is 47.0 Å². The van der Waals surface area contributed by atoms with E-state index in [1.165, 1.54) is 24.3 Å². The Kier molecular flexibility index (Phi) is 5.49. The number of aromatic nitrogens is 2. The molecule has 5 nitrogen and oxygen atoms in total. The van der Waals surface area contributed by atoms with E-state index in [0.717, 1.165) is 4.57 Å². The molecule has 7 aromatic rings. The molecule has 0 aliphatic carbocycles. The van der Waals surface area contributed by atoms with Crippen molar-refractivity contribution in [2.75, 3.05) is 0 Å². The third-order valence-corrected chi connectivity index (χ3v) is 7.58. The highest BCUT2D eigenvalue weighted by Crippen LogP contribution is 2.43. The van der Waals surface area contributed by atoms with Crippen molar-refractivity contribution in [3.8, 4) is 29.6 Å². The molecule has 0 spiro atoms. The Morgan fingerprint density at radius 3 is 1.60 bits per heavy atom. The summed E-state index contributed by atoms with van der Waals surface area (Å²) >= 11 is 0. The molecular weight excluding hydrogens is 561 g/mol. The van der Waals surface area contributed by atoms with Gasteiger partial charge in [-0.05, 0) is 30.3 Å². The van der Waals surface area contributed by atoms with Crippen LogP contribution in [0.15, 0.2) is 72.8 Å². The maximum Gasteiger partial charge on any atom is 0.200 e. The SMILES string of the molecule is N#Cc1cc(C#N)c(-n2c3ccccc3c3ccc4c(c5ccccc5n4-c4c(F)c(F)c(F)c(F)c4F)c32)c(C#N)c1. The minimum Gasteiger partial charge on any atom is -0.306 e. The number of hydrogen-bond acceptors (Lipinski definition) is 3. The average Bonchev–Trinajstić information content (AvgIpc) is 3.55. The fraction of sp³-hybridized carbons (Fsp3) is 0. The van der Waals surface area contributed by atoms with Crippen molar-refractivity contribution in [1.29, 1.82) is 15.8 Å². The molecule has 0 amide bonds. The normalized spacial score (nSPS) is 11.3. The molecule has 0 aliphatic heterocycles. The molecule has 204 valence electrons. The molecule has 0 aliphatic rings. The molecule has 2 aromatic heterocycles. The van der Waals surface area contributed by atoms with Crippen LogP contribution in [0.5, 0.6) is 0 Å². The molecule has 0 radical (unpaired) electrons. The van der Waals surface area contributed by atoms with Crippen molar-refractivity contribution in [3.63, 3.8) is 0 Å². The maximum atomic E-state index is 15.3. The predicted molar refractivity (Wildman–Crippen MR) is 149 cm³/mol. The zero-order valence-electron chi connectivity index (χ0n) is 21.6. The first-order chi connectivity index (χ1) is 20.8. The largest absolute Gasteiger partial charge is 0.306 e. The van der Waals surface area contributed by atoms with Crippen LogP contribution in [0.25, 0.3) is 55.0 Å². The van der Waals surface area contributed by atoms with Gasteiger partial charge < -0.3 is 9.13 Å². The number of benzene rings is 5. The van der Waals surface area contributed by atoms with E-state index in [4.69, 9.17) is 0 Å². The van der Waals surface area contributed by atoms with Crippen LogP contribution in [0.4, 0.5) is 22.0 Å². The van der Waals surface area contributed by atoms with Crippen molar-refractivity contribution in [2.24, 2.45) is 0 Å². The van der Waals surface area contributed by atoms with Gasteiger partial charge in [0.2, 0.25) is 5.82 Å². The Balaban J connectivity index is 1.78. The first kappa shape index (κ1) is 25.8. The van der Waals surface area contributed by atoms with Crippen LogP contribution >= 0.6 is 0 Å². The van der Waals surface area contributed by atoms with Gasteiger partial charge in [-0.1, -0.05) is 42.5 Å². The highest BCUT2D eigenvalue weighted by atomic mass is 19.2. The monoisotopic (exact) mass is 573 g/mol. The summed E-state index contributed by atoms with van der Waals surface area (Å²) in [5.41, 5.74) is 0.473. The Morgan fingerprint density at radius 2 is 1.02 bits per heavy atom. The highest BCUT2D eigenvalue weighted by molar-refractivity contribution is 6.26. The topological polar surface area (TPSA) is 81.2 Å². The van der Waals surface area contributed by atoms with Gasteiger partial charge in [-0.15, -0.1) is 0 Å². The molecule has 43 heavy (non-hydrogen) atoms. The Morgan fingerprint density at radius 1 is 0.488 bits per heavy atom. The van der Waals surface area contributed by atoms with E-state index in [2.05, 4.69) is 12.1 Å². The van der Waals surface area contributed by atoms with E-state index in [9.17, 15) is 29.0 Å². The van der Waals surface area contributed by atoms with Crippen LogP contribution in [-0.4, -0.2) is 9.13 Å². The molecule has 10 heteroatoms. The minimum atomic E-state index is -2.27. The third-order valence-electron chi connectivity index (χ3n) is 7.58. The summed E-state index contributed by atoms with van der Waals surface area (Å²) in [5, 5.41) is 31.9. The zero-order valence-corrected chi connectivity index (χ0v) is 21.6. The highest BCUT2D eigenvalue weighted by Gasteiger charge is 2.30. The van der Waals surface area contributed by atoms with Crippen LogP contribution in [0, 0.1) is 63.1 Å². The van der Waals surface area contributed by atoms with Gasteiger partial charge in [0, 0.05) is 21.5 Å². The number of hydrogen-bond donors (Lipinski definition) is 0. The summed E-state index contributed by atoms with van der Waals surface area (Å²) in [6.45, 7) is 0. The lowest BCUT2D eigenvalue weighted by Crippen LogP contribution is -2.09. The van der Waals surface area contributed by atoms with Gasteiger partial charge in [-0.2, -0.15) is 15.8 Å². The van der Waals surface area contributed by atoms with Crippen molar-refractivity contribution >= 4 is 43.6 Å². The fourth-order valence-corrected chi connectivity index (χ4v) is 5.88. The lowest BCUT2D eigenvalue weighted by Gasteiger charge is -2.14. The van der Waals surface area contributed by atoms with Gasteiger partial charge in [-0.3, -0.25) is 0 Å². The Labute approximate surface area is 238 Å².